The van der Waals surface area contributed by atoms with E-state index in [0.29, 0.717) is 6.42 Å². The van der Waals surface area contributed by atoms with Crippen LogP contribution in [0.5, 0.6) is 5.75 Å². The molecule has 3 heteroatoms. The molecule has 0 radical (unpaired) electrons. The van der Waals surface area contributed by atoms with Gasteiger partial charge < -0.3 is 4.74 Å². The van der Waals surface area contributed by atoms with E-state index in [1.54, 1.807) is 6.07 Å². The minimum atomic E-state index is -0.474. The van der Waals surface area contributed by atoms with Crippen molar-refractivity contribution < 1.29 is 9.13 Å². The van der Waals surface area contributed by atoms with E-state index in [1.807, 2.05) is 13.0 Å². The molecule has 0 heterocycles. The van der Waals surface area contributed by atoms with E-state index >= 15 is 0 Å². The number of benzene rings is 1. The van der Waals surface area contributed by atoms with Crippen molar-refractivity contribution in [3.63, 3.8) is 0 Å². The largest absolute Gasteiger partial charge is 0.492 e. The Balaban J connectivity index is 3.31. The minimum Gasteiger partial charge on any atom is -0.492 e. The van der Waals surface area contributed by atoms with E-state index in [9.17, 15) is 4.39 Å². The predicted octanol–water partition coefficient (Wildman–Crippen LogP) is 2.27. The third kappa shape index (κ3) is 1.78. The number of hydrogen-bond acceptors (Lipinski definition) is 2. The summed E-state index contributed by atoms with van der Waals surface area (Å²) in [6.45, 7) is 1.91. The molecule has 1 rings (SSSR count). The molecule has 2 nitrogen and oxygen atoms in total. The monoisotopic (exact) mass is 179 g/mol. The van der Waals surface area contributed by atoms with Gasteiger partial charge in [-0.3, -0.25) is 0 Å². The normalized spacial score (nSPS) is 9.38. The Morgan fingerprint density at radius 1 is 1.54 bits per heavy atom. The Bertz CT molecular complexity index is 355. The highest BCUT2D eigenvalue weighted by molar-refractivity contribution is 5.46. The summed E-state index contributed by atoms with van der Waals surface area (Å²) in [4.78, 5) is 0. The quantitative estimate of drug-likeness (QED) is 0.697. The van der Waals surface area contributed by atoms with E-state index in [2.05, 4.69) is 0 Å². The van der Waals surface area contributed by atoms with Gasteiger partial charge in [-0.15, -0.1) is 0 Å². The number of rotatable bonds is 2. The average molecular weight is 179 g/mol. The summed E-state index contributed by atoms with van der Waals surface area (Å²) < 4.78 is 18.0. The van der Waals surface area contributed by atoms with Crippen LogP contribution in [0.15, 0.2) is 12.1 Å². The van der Waals surface area contributed by atoms with Gasteiger partial charge in [-0.1, -0.05) is 6.92 Å². The van der Waals surface area contributed by atoms with Crippen LogP contribution in [0.1, 0.15) is 18.1 Å². The molecule has 0 aliphatic carbocycles. The molecule has 0 fully saturated rings. The second kappa shape index (κ2) is 3.90. The van der Waals surface area contributed by atoms with Gasteiger partial charge in [-0.2, -0.15) is 5.26 Å². The first-order valence-corrected chi connectivity index (χ1v) is 3.99. The summed E-state index contributed by atoms with van der Waals surface area (Å²) in [5, 5.41) is 8.70. The standard InChI is InChI=1S/C10H10FNO/c1-3-7-4-8(6-12)10(13-2)9(11)5-7/h4-5H,3H2,1-2H3. The summed E-state index contributed by atoms with van der Waals surface area (Å²) in [5.74, 6) is -0.446. The highest BCUT2D eigenvalue weighted by Crippen LogP contribution is 2.23. The van der Waals surface area contributed by atoms with Gasteiger partial charge in [0.05, 0.1) is 12.7 Å². The second-order valence-electron chi connectivity index (χ2n) is 2.62. The lowest BCUT2D eigenvalue weighted by molar-refractivity contribution is 0.385. The number of methoxy groups -OCH3 is 1. The van der Waals surface area contributed by atoms with Gasteiger partial charge in [0.15, 0.2) is 11.6 Å². The summed E-state index contributed by atoms with van der Waals surface area (Å²) in [7, 11) is 1.35. The van der Waals surface area contributed by atoms with Crippen molar-refractivity contribution in [2.75, 3.05) is 7.11 Å². The first kappa shape index (κ1) is 9.53. The molecule has 0 aliphatic rings. The Labute approximate surface area is 76.6 Å². The SMILES string of the molecule is CCc1cc(F)c(OC)c(C#N)c1. The van der Waals surface area contributed by atoms with E-state index in [1.165, 1.54) is 13.2 Å². The lowest BCUT2D eigenvalue weighted by Gasteiger charge is -2.05. The Morgan fingerprint density at radius 2 is 2.23 bits per heavy atom. The molecule has 0 atom stereocenters. The van der Waals surface area contributed by atoms with Gasteiger partial charge in [0.25, 0.3) is 0 Å². The molecule has 0 bridgehead atoms. The molecule has 0 saturated carbocycles. The zero-order valence-electron chi connectivity index (χ0n) is 7.60. The van der Waals surface area contributed by atoms with Crippen LogP contribution < -0.4 is 4.74 Å². The van der Waals surface area contributed by atoms with Crippen molar-refractivity contribution in [1.29, 1.82) is 5.26 Å². The number of nitrogens with zero attached hydrogens (tertiary/aromatic N) is 1. The Hall–Kier alpha value is -1.56. The lowest BCUT2D eigenvalue weighted by atomic mass is 10.1. The zero-order chi connectivity index (χ0) is 9.84. The van der Waals surface area contributed by atoms with Crippen LogP contribution in [0.2, 0.25) is 0 Å². The van der Waals surface area contributed by atoms with Crippen molar-refractivity contribution in [2.45, 2.75) is 13.3 Å². The van der Waals surface area contributed by atoms with Crippen molar-refractivity contribution in [3.05, 3.63) is 29.1 Å². The molecule has 0 spiro atoms. The Morgan fingerprint density at radius 3 is 2.69 bits per heavy atom. The second-order valence-corrected chi connectivity index (χ2v) is 2.62. The van der Waals surface area contributed by atoms with E-state index in [0.717, 1.165) is 5.56 Å². The van der Waals surface area contributed by atoms with E-state index in [-0.39, 0.29) is 11.3 Å². The van der Waals surface area contributed by atoms with Crippen LogP contribution in [-0.2, 0) is 6.42 Å². The maximum absolute atomic E-state index is 13.2. The summed E-state index contributed by atoms with van der Waals surface area (Å²) in [6.07, 6.45) is 0.704. The maximum atomic E-state index is 13.2. The molecule has 0 unspecified atom stereocenters. The van der Waals surface area contributed by atoms with Crippen molar-refractivity contribution in [3.8, 4) is 11.8 Å². The highest BCUT2D eigenvalue weighted by atomic mass is 19.1. The molecule has 1 aromatic rings. The predicted molar refractivity (Wildman–Crippen MR) is 47.0 cm³/mol. The summed E-state index contributed by atoms with van der Waals surface area (Å²) in [5.41, 5.74) is 1.05. The van der Waals surface area contributed by atoms with Gasteiger partial charge in [-0.25, -0.2) is 4.39 Å². The van der Waals surface area contributed by atoms with Crippen LogP contribution >= 0.6 is 0 Å². The van der Waals surface area contributed by atoms with Crippen molar-refractivity contribution in [2.24, 2.45) is 0 Å². The molecule has 0 aromatic heterocycles. The molecular formula is C10H10FNO. The average Bonchev–Trinajstić information content (AvgIpc) is 2.16. The molecule has 1 aromatic carbocycles. The third-order valence-corrected chi connectivity index (χ3v) is 1.84. The fourth-order valence-corrected chi connectivity index (χ4v) is 1.14. The minimum absolute atomic E-state index is 0.0275. The van der Waals surface area contributed by atoms with Crippen LogP contribution in [0, 0.1) is 17.1 Å². The van der Waals surface area contributed by atoms with Gasteiger partial charge in [0.2, 0.25) is 0 Å². The number of halogens is 1. The molecule has 13 heavy (non-hydrogen) atoms. The number of hydrogen-bond donors (Lipinski definition) is 0. The summed E-state index contributed by atoms with van der Waals surface area (Å²) in [6, 6.07) is 4.93. The van der Waals surface area contributed by atoms with Crippen LogP contribution in [0.3, 0.4) is 0 Å². The van der Waals surface area contributed by atoms with Crippen molar-refractivity contribution in [1.82, 2.24) is 0 Å². The topological polar surface area (TPSA) is 33.0 Å². The van der Waals surface area contributed by atoms with E-state index in [4.69, 9.17) is 10.00 Å². The first-order chi connectivity index (χ1) is 6.22. The fourth-order valence-electron chi connectivity index (χ4n) is 1.14. The van der Waals surface area contributed by atoms with Crippen molar-refractivity contribution >= 4 is 0 Å². The van der Waals surface area contributed by atoms with Gasteiger partial charge in [0, 0.05) is 0 Å². The van der Waals surface area contributed by atoms with Gasteiger partial charge >= 0.3 is 0 Å². The highest BCUT2D eigenvalue weighted by Gasteiger charge is 2.09. The van der Waals surface area contributed by atoms with E-state index < -0.39 is 5.82 Å². The Kier molecular flexibility index (Phi) is 2.86. The van der Waals surface area contributed by atoms with Crippen LogP contribution in [0.4, 0.5) is 4.39 Å². The molecular weight excluding hydrogens is 169 g/mol. The molecule has 0 N–H and O–H groups in total. The molecule has 0 amide bonds. The smallest absolute Gasteiger partial charge is 0.172 e. The summed E-state index contributed by atoms with van der Waals surface area (Å²) >= 11 is 0. The van der Waals surface area contributed by atoms with Crippen LogP contribution in [0.25, 0.3) is 0 Å². The number of ether oxygens (including phenoxy) is 1. The van der Waals surface area contributed by atoms with Crippen LogP contribution in [-0.4, -0.2) is 7.11 Å². The molecule has 0 aliphatic heterocycles. The molecule has 0 saturated heterocycles. The number of nitriles is 1. The fraction of sp³-hybridized carbons (Fsp3) is 0.300. The van der Waals surface area contributed by atoms with Gasteiger partial charge in [0.1, 0.15) is 6.07 Å². The molecule has 68 valence electrons. The number of aryl methyl sites for hydroxylation is 1. The first-order valence-electron chi connectivity index (χ1n) is 3.99. The zero-order valence-corrected chi connectivity index (χ0v) is 7.60. The maximum Gasteiger partial charge on any atom is 0.172 e. The third-order valence-electron chi connectivity index (χ3n) is 1.84. The van der Waals surface area contributed by atoms with Gasteiger partial charge in [-0.05, 0) is 24.1 Å². The lowest BCUT2D eigenvalue weighted by Crippen LogP contribution is -1.94.